The van der Waals surface area contributed by atoms with Crippen molar-refractivity contribution in [3.63, 3.8) is 0 Å². The van der Waals surface area contributed by atoms with Gasteiger partial charge in [-0.2, -0.15) is 0 Å². The minimum atomic E-state index is -0.356. The second kappa shape index (κ2) is 3.85. The SMILES string of the molecule is CN[C@H](O)[C@@H](C)C(C)C. The predicted octanol–water partition coefficient (Wildman–Crippen LogP) is 0.816. The summed E-state index contributed by atoms with van der Waals surface area (Å²) in [5.74, 6) is 0.863. The molecule has 0 heterocycles. The van der Waals surface area contributed by atoms with Gasteiger partial charge in [0.25, 0.3) is 0 Å². The highest BCUT2D eigenvalue weighted by Gasteiger charge is 2.14. The molecular formula is C7H17NO. The van der Waals surface area contributed by atoms with E-state index in [0.717, 1.165) is 0 Å². The third-order valence-corrected chi connectivity index (χ3v) is 1.85. The molecule has 9 heavy (non-hydrogen) atoms. The molecule has 0 amide bonds. The normalized spacial score (nSPS) is 18.0. The van der Waals surface area contributed by atoms with Gasteiger partial charge in [-0.15, -0.1) is 0 Å². The molecule has 0 aromatic heterocycles. The van der Waals surface area contributed by atoms with Crippen LogP contribution in [-0.4, -0.2) is 18.4 Å². The van der Waals surface area contributed by atoms with Crippen LogP contribution in [0.5, 0.6) is 0 Å². The summed E-state index contributed by atoms with van der Waals surface area (Å²) >= 11 is 0. The molecule has 0 saturated heterocycles. The predicted molar refractivity (Wildman–Crippen MR) is 39.1 cm³/mol. The Hall–Kier alpha value is -0.0800. The van der Waals surface area contributed by atoms with E-state index in [9.17, 15) is 5.11 Å². The smallest absolute Gasteiger partial charge is 0.107 e. The van der Waals surface area contributed by atoms with E-state index in [1.54, 1.807) is 7.05 Å². The van der Waals surface area contributed by atoms with E-state index in [2.05, 4.69) is 19.2 Å². The number of rotatable bonds is 3. The molecule has 0 rings (SSSR count). The Balaban J connectivity index is 3.58. The number of aliphatic hydroxyl groups is 1. The molecule has 0 aromatic carbocycles. The van der Waals surface area contributed by atoms with E-state index in [1.807, 2.05) is 6.92 Å². The van der Waals surface area contributed by atoms with Crippen molar-refractivity contribution >= 4 is 0 Å². The van der Waals surface area contributed by atoms with Gasteiger partial charge in [-0.1, -0.05) is 20.8 Å². The van der Waals surface area contributed by atoms with Crippen molar-refractivity contribution in [2.45, 2.75) is 27.0 Å². The minimum absolute atomic E-state index is 0.329. The lowest BCUT2D eigenvalue weighted by Gasteiger charge is -2.21. The Morgan fingerprint density at radius 3 is 1.78 bits per heavy atom. The van der Waals surface area contributed by atoms with Gasteiger partial charge in [0, 0.05) is 0 Å². The van der Waals surface area contributed by atoms with Crippen LogP contribution in [-0.2, 0) is 0 Å². The van der Waals surface area contributed by atoms with Gasteiger partial charge in [0.05, 0.1) is 0 Å². The third kappa shape index (κ3) is 2.82. The quantitative estimate of drug-likeness (QED) is 0.556. The first-order valence-electron chi connectivity index (χ1n) is 3.45. The lowest BCUT2D eigenvalue weighted by atomic mass is 9.96. The Kier molecular flexibility index (Phi) is 3.82. The van der Waals surface area contributed by atoms with Crippen LogP contribution >= 0.6 is 0 Å². The zero-order valence-corrected chi connectivity index (χ0v) is 6.68. The molecule has 0 aliphatic rings. The van der Waals surface area contributed by atoms with Crippen molar-refractivity contribution in [2.75, 3.05) is 7.05 Å². The van der Waals surface area contributed by atoms with Gasteiger partial charge in [0.15, 0.2) is 0 Å². The summed E-state index contributed by atoms with van der Waals surface area (Å²) in [5.41, 5.74) is 0. The Morgan fingerprint density at radius 2 is 1.67 bits per heavy atom. The summed E-state index contributed by atoms with van der Waals surface area (Å²) in [6, 6.07) is 0. The molecule has 0 aromatic rings. The zero-order chi connectivity index (χ0) is 7.44. The molecule has 2 N–H and O–H groups in total. The number of hydrogen-bond acceptors (Lipinski definition) is 2. The maximum atomic E-state index is 9.19. The van der Waals surface area contributed by atoms with Crippen LogP contribution in [0.25, 0.3) is 0 Å². The molecular weight excluding hydrogens is 114 g/mol. The maximum absolute atomic E-state index is 9.19. The highest BCUT2D eigenvalue weighted by atomic mass is 16.3. The van der Waals surface area contributed by atoms with Crippen molar-refractivity contribution in [1.29, 1.82) is 0 Å². The molecule has 0 saturated carbocycles. The highest BCUT2D eigenvalue weighted by Crippen LogP contribution is 2.11. The average Bonchev–Trinajstić information content (AvgIpc) is 1.84. The van der Waals surface area contributed by atoms with Crippen molar-refractivity contribution in [3.05, 3.63) is 0 Å². The van der Waals surface area contributed by atoms with Gasteiger partial charge in [0.2, 0.25) is 0 Å². The fourth-order valence-corrected chi connectivity index (χ4v) is 0.627. The zero-order valence-electron chi connectivity index (χ0n) is 6.68. The molecule has 0 aliphatic carbocycles. The third-order valence-electron chi connectivity index (χ3n) is 1.85. The van der Waals surface area contributed by atoms with E-state index in [1.165, 1.54) is 0 Å². The summed E-state index contributed by atoms with van der Waals surface area (Å²) in [4.78, 5) is 0. The summed E-state index contributed by atoms with van der Waals surface area (Å²) in [7, 11) is 1.77. The molecule has 2 nitrogen and oxygen atoms in total. The maximum Gasteiger partial charge on any atom is 0.107 e. The van der Waals surface area contributed by atoms with Crippen molar-refractivity contribution in [3.8, 4) is 0 Å². The molecule has 0 bridgehead atoms. The summed E-state index contributed by atoms with van der Waals surface area (Å²) in [6.07, 6.45) is -0.356. The van der Waals surface area contributed by atoms with E-state index in [4.69, 9.17) is 0 Å². The van der Waals surface area contributed by atoms with Crippen LogP contribution in [0.2, 0.25) is 0 Å². The lowest BCUT2D eigenvalue weighted by molar-refractivity contribution is 0.0684. The molecule has 0 aliphatic heterocycles. The van der Waals surface area contributed by atoms with Gasteiger partial charge in [0.1, 0.15) is 6.23 Å². The van der Waals surface area contributed by atoms with Crippen molar-refractivity contribution in [2.24, 2.45) is 11.8 Å². The molecule has 2 heteroatoms. The fourth-order valence-electron chi connectivity index (χ4n) is 0.627. The Bertz CT molecular complexity index is 73.3. The fraction of sp³-hybridized carbons (Fsp3) is 1.00. The van der Waals surface area contributed by atoms with E-state index < -0.39 is 0 Å². The molecule has 0 radical (unpaired) electrons. The minimum Gasteiger partial charge on any atom is -0.378 e. The largest absolute Gasteiger partial charge is 0.378 e. The number of hydrogen-bond donors (Lipinski definition) is 2. The highest BCUT2D eigenvalue weighted by molar-refractivity contribution is 4.62. The first-order valence-corrected chi connectivity index (χ1v) is 3.45. The van der Waals surface area contributed by atoms with Gasteiger partial charge >= 0.3 is 0 Å². The Morgan fingerprint density at radius 1 is 1.22 bits per heavy atom. The topological polar surface area (TPSA) is 32.3 Å². The molecule has 0 spiro atoms. The number of aliphatic hydroxyl groups excluding tert-OH is 1. The molecule has 0 unspecified atom stereocenters. The second-order valence-electron chi connectivity index (χ2n) is 2.84. The molecule has 56 valence electrons. The van der Waals surface area contributed by atoms with E-state index in [-0.39, 0.29) is 6.23 Å². The summed E-state index contributed by atoms with van der Waals surface area (Å²) in [6.45, 7) is 6.24. The van der Waals surface area contributed by atoms with Gasteiger partial charge in [-0.25, -0.2) is 0 Å². The van der Waals surface area contributed by atoms with Crippen LogP contribution in [0, 0.1) is 11.8 Å². The van der Waals surface area contributed by atoms with Gasteiger partial charge in [-0.05, 0) is 18.9 Å². The monoisotopic (exact) mass is 131 g/mol. The first kappa shape index (κ1) is 8.92. The van der Waals surface area contributed by atoms with Gasteiger partial charge in [-0.3, -0.25) is 5.32 Å². The Labute approximate surface area is 57.3 Å². The summed E-state index contributed by atoms with van der Waals surface area (Å²) < 4.78 is 0. The first-order chi connectivity index (χ1) is 4.09. The number of nitrogens with one attached hydrogen (secondary N) is 1. The van der Waals surface area contributed by atoms with Crippen LogP contribution in [0.4, 0.5) is 0 Å². The molecule has 0 fully saturated rings. The standard InChI is InChI=1S/C7H17NO/c1-5(2)6(3)7(9)8-4/h5-9H,1-4H3/t6-,7+/m0/s1. The van der Waals surface area contributed by atoms with Crippen molar-refractivity contribution < 1.29 is 5.11 Å². The van der Waals surface area contributed by atoms with Crippen LogP contribution in [0.3, 0.4) is 0 Å². The van der Waals surface area contributed by atoms with Crippen LogP contribution in [0.1, 0.15) is 20.8 Å². The van der Waals surface area contributed by atoms with E-state index >= 15 is 0 Å². The van der Waals surface area contributed by atoms with Crippen LogP contribution < -0.4 is 5.32 Å². The second-order valence-corrected chi connectivity index (χ2v) is 2.84. The van der Waals surface area contributed by atoms with Gasteiger partial charge < -0.3 is 5.11 Å². The summed E-state index contributed by atoms with van der Waals surface area (Å²) in [5, 5.41) is 12.0. The molecule has 2 atom stereocenters. The van der Waals surface area contributed by atoms with Crippen molar-refractivity contribution in [1.82, 2.24) is 5.32 Å². The average molecular weight is 131 g/mol. The van der Waals surface area contributed by atoms with E-state index in [0.29, 0.717) is 11.8 Å². The van der Waals surface area contributed by atoms with Crippen LogP contribution in [0.15, 0.2) is 0 Å². The lowest BCUT2D eigenvalue weighted by Crippen LogP contribution is -2.34.